The van der Waals surface area contributed by atoms with E-state index in [0.717, 1.165) is 32.1 Å². The number of ether oxygens (including phenoxy) is 1. The first-order valence-electron chi connectivity index (χ1n) is 7.03. The number of aliphatic carboxylic acids is 1. The highest BCUT2D eigenvalue weighted by Gasteiger charge is 2.35. The highest BCUT2D eigenvalue weighted by atomic mass is 16.5. The Morgan fingerprint density at radius 2 is 2.06 bits per heavy atom. The first-order valence-corrected chi connectivity index (χ1v) is 7.03. The number of rotatable bonds is 7. The van der Waals surface area contributed by atoms with E-state index in [1.54, 1.807) is 0 Å². The lowest BCUT2D eigenvalue weighted by molar-refractivity contribution is -0.151. The van der Waals surface area contributed by atoms with Gasteiger partial charge < -0.3 is 9.84 Å². The van der Waals surface area contributed by atoms with Crippen molar-refractivity contribution in [3.63, 3.8) is 0 Å². The van der Waals surface area contributed by atoms with E-state index in [0.29, 0.717) is 12.5 Å². The summed E-state index contributed by atoms with van der Waals surface area (Å²) in [5.41, 5.74) is 0. The molecule has 1 rings (SSSR count). The van der Waals surface area contributed by atoms with Gasteiger partial charge in [-0.05, 0) is 31.6 Å². The van der Waals surface area contributed by atoms with Gasteiger partial charge in [-0.25, -0.2) is 0 Å². The third-order valence-electron chi connectivity index (χ3n) is 3.74. The third kappa shape index (κ3) is 4.66. The topological polar surface area (TPSA) is 46.5 Å². The molecule has 0 saturated heterocycles. The number of carbonyl (C=O) groups is 1. The Bertz CT molecular complexity index is 228. The zero-order chi connectivity index (χ0) is 12.7. The van der Waals surface area contributed by atoms with Gasteiger partial charge in [-0.2, -0.15) is 0 Å². The predicted octanol–water partition coefficient (Wildman–Crippen LogP) is 3.47. The van der Waals surface area contributed by atoms with Crippen LogP contribution in [0, 0.1) is 11.8 Å². The smallest absolute Gasteiger partial charge is 0.309 e. The van der Waals surface area contributed by atoms with Crippen LogP contribution < -0.4 is 0 Å². The van der Waals surface area contributed by atoms with Crippen LogP contribution in [-0.2, 0) is 9.53 Å². The molecule has 3 nitrogen and oxygen atoms in total. The molecule has 0 aromatic heterocycles. The Labute approximate surface area is 105 Å². The third-order valence-corrected chi connectivity index (χ3v) is 3.74. The zero-order valence-electron chi connectivity index (χ0n) is 11.2. The molecule has 0 aliphatic heterocycles. The van der Waals surface area contributed by atoms with Crippen molar-refractivity contribution in [1.29, 1.82) is 0 Å². The maximum Gasteiger partial charge on any atom is 0.309 e. The monoisotopic (exact) mass is 242 g/mol. The zero-order valence-corrected chi connectivity index (χ0v) is 11.2. The Kier molecular flexibility index (Phi) is 6.56. The number of carboxylic acid groups (broad SMARTS) is 1. The lowest BCUT2D eigenvalue weighted by Crippen LogP contribution is -2.37. The molecule has 1 saturated carbocycles. The number of carboxylic acids is 1. The van der Waals surface area contributed by atoms with Crippen molar-refractivity contribution in [3.05, 3.63) is 0 Å². The van der Waals surface area contributed by atoms with E-state index in [1.807, 2.05) is 0 Å². The second-order valence-corrected chi connectivity index (χ2v) is 5.18. The molecule has 1 aliphatic carbocycles. The Morgan fingerprint density at radius 3 is 2.65 bits per heavy atom. The van der Waals surface area contributed by atoms with Gasteiger partial charge in [0.05, 0.1) is 12.0 Å². The van der Waals surface area contributed by atoms with Crippen molar-refractivity contribution < 1.29 is 14.6 Å². The van der Waals surface area contributed by atoms with Crippen molar-refractivity contribution in [1.82, 2.24) is 0 Å². The first kappa shape index (κ1) is 14.5. The number of hydrogen-bond donors (Lipinski definition) is 1. The molecule has 3 unspecified atom stereocenters. The molecule has 0 heterocycles. The van der Waals surface area contributed by atoms with E-state index >= 15 is 0 Å². The summed E-state index contributed by atoms with van der Waals surface area (Å²) in [6.45, 7) is 5.03. The standard InChI is InChI=1S/C14H26O3/c1-3-5-9-17-13-10-11(6-4-2)7-8-12(13)14(15)16/h11-13H,3-10H2,1-2H3,(H,15,16). The molecule has 100 valence electrons. The SMILES string of the molecule is CCCCOC1CC(CCC)CCC1C(=O)O. The van der Waals surface area contributed by atoms with Gasteiger partial charge in [0.25, 0.3) is 0 Å². The molecule has 0 radical (unpaired) electrons. The van der Waals surface area contributed by atoms with Crippen LogP contribution in [0.2, 0.25) is 0 Å². The van der Waals surface area contributed by atoms with Crippen molar-refractivity contribution in [3.8, 4) is 0 Å². The summed E-state index contributed by atoms with van der Waals surface area (Å²) in [4.78, 5) is 11.2. The fourth-order valence-corrected chi connectivity index (χ4v) is 2.73. The van der Waals surface area contributed by atoms with Crippen molar-refractivity contribution in [2.75, 3.05) is 6.61 Å². The second kappa shape index (κ2) is 7.70. The van der Waals surface area contributed by atoms with Crippen LogP contribution in [0.25, 0.3) is 0 Å². The number of unbranched alkanes of at least 4 members (excludes halogenated alkanes) is 1. The maximum atomic E-state index is 11.2. The molecule has 1 N–H and O–H groups in total. The first-order chi connectivity index (χ1) is 8.19. The average Bonchev–Trinajstić information content (AvgIpc) is 2.30. The van der Waals surface area contributed by atoms with E-state index in [2.05, 4.69) is 13.8 Å². The van der Waals surface area contributed by atoms with E-state index in [-0.39, 0.29) is 12.0 Å². The highest BCUT2D eigenvalue weighted by Crippen LogP contribution is 2.33. The molecule has 0 amide bonds. The summed E-state index contributed by atoms with van der Waals surface area (Å²) < 4.78 is 5.79. The molecule has 17 heavy (non-hydrogen) atoms. The summed E-state index contributed by atoms with van der Waals surface area (Å²) in [7, 11) is 0. The summed E-state index contributed by atoms with van der Waals surface area (Å²) in [5, 5.41) is 9.20. The van der Waals surface area contributed by atoms with E-state index in [1.165, 1.54) is 12.8 Å². The van der Waals surface area contributed by atoms with Crippen LogP contribution in [0.1, 0.15) is 58.8 Å². The molecule has 3 atom stereocenters. The van der Waals surface area contributed by atoms with Crippen LogP contribution in [-0.4, -0.2) is 23.8 Å². The van der Waals surface area contributed by atoms with Crippen LogP contribution in [0.5, 0.6) is 0 Å². The molecule has 0 aromatic carbocycles. The molecule has 0 aromatic rings. The lowest BCUT2D eigenvalue weighted by Gasteiger charge is -2.33. The van der Waals surface area contributed by atoms with Gasteiger partial charge in [0.2, 0.25) is 0 Å². The Hall–Kier alpha value is -0.570. The van der Waals surface area contributed by atoms with Gasteiger partial charge in [-0.1, -0.05) is 33.1 Å². The molecular formula is C14H26O3. The average molecular weight is 242 g/mol. The van der Waals surface area contributed by atoms with Crippen LogP contribution in [0.4, 0.5) is 0 Å². The van der Waals surface area contributed by atoms with Gasteiger partial charge in [0.15, 0.2) is 0 Å². The Morgan fingerprint density at radius 1 is 1.29 bits per heavy atom. The van der Waals surface area contributed by atoms with Gasteiger partial charge >= 0.3 is 5.97 Å². The highest BCUT2D eigenvalue weighted by molar-refractivity contribution is 5.70. The molecule has 0 bridgehead atoms. The fraction of sp³-hybridized carbons (Fsp3) is 0.929. The minimum atomic E-state index is -0.679. The van der Waals surface area contributed by atoms with Crippen molar-refractivity contribution >= 4 is 5.97 Å². The summed E-state index contributed by atoms with van der Waals surface area (Å²) in [6, 6.07) is 0. The molecule has 1 fully saturated rings. The quantitative estimate of drug-likeness (QED) is 0.695. The predicted molar refractivity (Wildman–Crippen MR) is 68.0 cm³/mol. The summed E-state index contributed by atoms with van der Waals surface area (Å²) >= 11 is 0. The minimum Gasteiger partial charge on any atom is -0.481 e. The van der Waals surface area contributed by atoms with Crippen molar-refractivity contribution in [2.24, 2.45) is 11.8 Å². The Balaban J connectivity index is 2.47. The summed E-state index contributed by atoms with van der Waals surface area (Å²) in [5.74, 6) is -0.288. The second-order valence-electron chi connectivity index (χ2n) is 5.18. The van der Waals surface area contributed by atoms with E-state index < -0.39 is 5.97 Å². The maximum absolute atomic E-state index is 11.2. The van der Waals surface area contributed by atoms with Gasteiger partial charge in [0.1, 0.15) is 0 Å². The van der Waals surface area contributed by atoms with Gasteiger partial charge in [-0.15, -0.1) is 0 Å². The van der Waals surface area contributed by atoms with Crippen molar-refractivity contribution in [2.45, 2.75) is 64.9 Å². The van der Waals surface area contributed by atoms with Gasteiger partial charge in [-0.3, -0.25) is 4.79 Å². The largest absolute Gasteiger partial charge is 0.481 e. The van der Waals surface area contributed by atoms with E-state index in [4.69, 9.17) is 4.74 Å². The molecule has 0 spiro atoms. The number of hydrogen-bond acceptors (Lipinski definition) is 2. The fourth-order valence-electron chi connectivity index (χ4n) is 2.73. The normalized spacial score (nSPS) is 29.2. The summed E-state index contributed by atoms with van der Waals surface area (Å²) in [6.07, 6.45) is 7.25. The molecular weight excluding hydrogens is 216 g/mol. The van der Waals surface area contributed by atoms with Crippen LogP contribution in [0.3, 0.4) is 0 Å². The van der Waals surface area contributed by atoms with E-state index in [9.17, 15) is 9.90 Å². The minimum absolute atomic E-state index is 0.0515. The molecule has 1 aliphatic rings. The van der Waals surface area contributed by atoms with Gasteiger partial charge in [0, 0.05) is 6.61 Å². The van der Waals surface area contributed by atoms with Crippen LogP contribution in [0.15, 0.2) is 0 Å². The lowest BCUT2D eigenvalue weighted by atomic mass is 9.78. The van der Waals surface area contributed by atoms with Crippen LogP contribution >= 0.6 is 0 Å². The molecule has 3 heteroatoms.